The Morgan fingerprint density at radius 2 is 2.28 bits per heavy atom. The predicted molar refractivity (Wildman–Crippen MR) is 57.4 cm³/mol. The molecule has 0 fully saturated rings. The maximum atomic E-state index is 11.4. The van der Waals surface area contributed by atoms with Gasteiger partial charge in [-0.15, -0.1) is 0 Å². The lowest BCUT2D eigenvalue weighted by Gasteiger charge is -2.03. The first-order valence-electron chi connectivity index (χ1n) is 5.23. The van der Waals surface area contributed by atoms with Crippen molar-refractivity contribution in [3.05, 3.63) is 34.2 Å². The maximum Gasteiger partial charge on any atom is 0.442 e. The summed E-state index contributed by atoms with van der Waals surface area (Å²) in [5, 5.41) is 12.3. The smallest absolute Gasteiger partial charge is 0.442 e. The molecule has 0 aliphatic rings. The van der Waals surface area contributed by atoms with E-state index in [-0.39, 0.29) is 24.0 Å². The van der Waals surface area contributed by atoms with Crippen LogP contribution in [0.4, 0.5) is 0 Å². The lowest BCUT2D eigenvalue weighted by Crippen LogP contribution is -2.18. The van der Waals surface area contributed by atoms with Gasteiger partial charge in [0.15, 0.2) is 11.5 Å². The predicted octanol–water partition coefficient (Wildman–Crippen LogP) is 0.694. The summed E-state index contributed by atoms with van der Waals surface area (Å²) in [5.41, 5.74) is -0.208. The molecule has 0 spiro atoms. The van der Waals surface area contributed by atoms with E-state index in [9.17, 15) is 9.59 Å². The van der Waals surface area contributed by atoms with E-state index in [1.54, 1.807) is 0 Å². The van der Waals surface area contributed by atoms with E-state index in [1.165, 1.54) is 4.57 Å². The molecule has 18 heavy (non-hydrogen) atoms. The Morgan fingerprint density at radius 1 is 1.56 bits per heavy atom. The van der Waals surface area contributed by atoms with Gasteiger partial charge in [0.05, 0.1) is 0 Å². The minimum atomic E-state index is -1.19. The van der Waals surface area contributed by atoms with Crippen molar-refractivity contribution in [2.75, 3.05) is 0 Å². The molecule has 2 aromatic rings. The van der Waals surface area contributed by atoms with Gasteiger partial charge in [-0.05, 0) is 0 Å². The number of carboxylic acids is 1. The molecule has 0 aliphatic heterocycles. The van der Waals surface area contributed by atoms with Gasteiger partial charge in [-0.2, -0.15) is 0 Å². The van der Waals surface area contributed by atoms with Crippen LogP contribution in [0.3, 0.4) is 0 Å². The number of hydrogen-bond acceptors (Lipinski definition) is 6. The highest BCUT2D eigenvalue weighted by molar-refractivity contribution is 5.84. The molecule has 0 bridgehead atoms. The number of aromatic nitrogens is 3. The zero-order valence-electron chi connectivity index (χ0n) is 9.78. The van der Waals surface area contributed by atoms with Crippen LogP contribution in [0, 0.1) is 0 Å². The Hall–Kier alpha value is -2.38. The summed E-state index contributed by atoms with van der Waals surface area (Å²) in [4.78, 5) is 25.8. The average molecular weight is 253 g/mol. The molecule has 2 aromatic heterocycles. The highest BCUT2D eigenvalue weighted by Gasteiger charge is 2.17. The Kier molecular flexibility index (Phi) is 3.00. The maximum absolute atomic E-state index is 11.4. The first-order valence-corrected chi connectivity index (χ1v) is 5.23. The molecule has 0 amide bonds. The van der Waals surface area contributed by atoms with Gasteiger partial charge in [0.25, 0.3) is 0 Å². The topological polar surface area (TPSA) is 111 Å². The largest absolute Gasteiger partial charge is 0.476 e. The molecule has 0 aromatic carbocycles. The van der Waals surface area contributed by atoms with Crippen LogP contribution >= 0.6 is 0 Å². The molecule has 2 rings (SSSR count). The quantitative estimate of drug-likeness (QED) is 0.853. The van der Waals surface area contributed by atoms with Crippen LogP contribution in [0.2, 0.25) is 0 Å². The molecule has 0 aliphatic carbocycles. The van der Waals surface area contributed by atoms with Crippen molar-refractivity contribution in [2.24, 2.45) is 0 Å². The van der Waals surface area contributed by atoms with Crippen LogP contribution < -0.4 is 5.76 Å². The number of carbonyl (C=O) groups is 1. The minimum absolute atomic E-state index is 0.00893. The van der Waals surface area contributed by atoms with Gasteiger partial charge in [0, 0.05) is 5.92 Å². The zero-order valence-corrected chi connectivity index (χ0v) is 9.78. The highest BCUT2D eigenvalue weighted by atomic mass is 16.5. The second-order valence-electron chi connectivity index (χ2n) is 3.98. The highest BCUT2D eigenvalue weighted by Crippen LogP contribution is 2.11. The molecule has 8 nitrogen and oxygen atoms in total. The molecule has 0 unspecified atom stereocenters. The second-order valence-corrected chi connectivity index (χ2v) is 3.98. The Bertz CT molecular complexity index is 621. The SMILES string of the molecule is CC(C)c1noc(=O)n1Cc1nc(C(=O)O)co1. The van der Waals surface area contributed by atoms with Crippen LogP contribution in [-0.4, -0.2) is 25.8 Å². The second kappa shape index (κ2) is 4.47. The van der Waals surface area contributed by atoms with Crippen molar-refractivity contribution in [2.45, 2.75) is 26.3 Å². The Balaban J connectivity index is 2.30. The third-order valence-corrected chi connectivity index (χ3v) is 2.29. The zero-order chi connectivity index (χ0) is 13.3. The van der Waals surface area contributed by atoms with E-state index in [0.717, 1.165) is 6.26 Å². The summed E-state index contributed by atoms with van der Waals surface area (Å²) >= 11 is 0. The van der Waals surface area contributed by atoms with Gasteiger partial charge < -0.3 is 9.52 Å². The third-order valence-electron chi connectivity index (χ3n) is 2.29. The number of nitrogens with zero attached hydrogens (tertiary/aromatic N) is 3. The number of rotatable bonds is 4. The number of aromatic carboxylic acids is 1. The van der Waals surface area contributed by atoms with Crippen LogP contribution in [0.15, 0.2) is 20.0 Å². The molecule has 1 N–H and O–H groups in total. The number of oxazole rings is 1. The molecule has 0 saturated heterocycles. The summed E-state index contributed by atoms with van der Waals surface area (Å²) in [6.45, 7) is 3.70. The molecule has 0 radical (unpaired) electrons. The molecule has 8 heteroatoms. The third kappa shape index (κ3) is 2.17. The standard InChI is InChI=1S/C10H11N3O5/c1-5(2)8-12-18-10(16)13(8)3-7-11-6(4-17-7)9(14)15/h4-5H,3H2,1-2H3,(H,14,15). The van der Waals surface area contributed by atoms with Gasteiger partial charge in [-0.1, -0.05) is 19.0 Å². The molecular weight excluding hydrogens is 242 g/mol. The van der Waals surface area contributed by atoms with E-state index < -0.39 is 11.7 Å². The molecule has 0 atom stereocenters. The fourth-order valence-corrected chi connectivity index (χ4v) is 1.46. The minimum Gasteiger partial charge on any atom is -0.476 e. The van der Waals surface area contributed by atoms with E-state index in [4.69, 9.17) is 9.52 Å². The first-order chi connectivity index (χ1) is 8.49. The van der Waals surface area contributed by atoms with E-state index >= 15 is 0 Å². The fourth-order valence-electron chi connectivity index (χ4n) is 1.46. The molecule has 96 valence electrons. The van der Waals surface area contributed by atoms with E-state index in [2.05, 4.69) is 14.7 Å². The van der Waals surface area contributed by atoms with Gasteiger partial charge in [-0.3, -0.25) is 9.09 Å². The van der Waals surface area contributed by atoms with Crippen molar-refractivity contribution in [1.29, 1.82) is 0 Å². The molecule has 2 heterocycles. The van der Waals surface area contributed by atoms with Gasteiger partial charge in [0.2, 0.25) is 5.89 Å². The van der Waals surface area contributed by atoms with Crippen molar-refractivity contribution in [3.63, 3.8) is 0 Å². The number of hydrogen-bond donors (Lipinski definition) is 1. The van der Waals surface area contributed by atoms with Crippen LogP contribution in [0.5, 0.6) is 0 Å². The lowest BCUT2D eigenvalue weighted by molar-refractivity contribution is 0.0690. The van der Waals surface area contributed by atoms with Crippen LogP contribution in [0.25, 0.3) is 0 Å². The monoisotopic (exact) mass is 253 g/mol. The van der Waals surface area contributed by atoms with E-state index in [0.29, 0.717) is 5.82 Å². The fraction of sp³-hybridized carbons (Fsp3) is 0.400. The lowest BCUT2D eigenvalue weighted by atomic mass is 10.2. The molecular formula is C10H11N3O5. The van der Waals surface area contributed by atoms with E-state index in [1.807, 2.05) is 13.8 Å². The summed E-state index contributed by atoms with van der Waals surface area (Å²) in [6.07, 6.45) is 1.02. The van der Waals surface area contributed by atoms with Gasteiger partial charge in [0.1, 0.15) is 12.8 Å². The van der Waals surface area contributed by atoms with Crippen LogP contribution in [-0.2, 0) is 6.54 Å². The van der Waals surface area contributed by atoms with Crippen molar-refractivity contribution in [3.8, 4) is 0 Å². The van der Waals surface area contributed by atoms with Crippen molar-refractivity contribution >= 4 is 5.97 Å². The van der Waals surface area contributed by atoms with Gasteiger partial charge in [-0.25, -0.2) is 14.6 Å². The summed E-state index contributed by atoms with van der Waals surface area (Å²) in [7, 11) is 0. The van der Waals surface area contributed by atoms with Crippen molar-refractivity contribution < 1.29 is 18.8 Å². The van der Waals surface area contributed by atoms with Gasteiger partial charge >= 0.3 is 11.7 Å². The summed E-state index contributed by atoms with van der Waals surface area (Å²) in [5.74, 6) is -1.26. The Labute approximate surface area is 101 Å². The first kappa shape index (κ1) is 12.1. The van der Waals surface area contributed by atoms with Crippen molar-refractivity contribution in [1.82, 2.24) is 14.7 Å². The average Bonchev–Trinajstić information content (AvgIpc) is 2.88. The number of carboxylic acid groups (broad SMARTS) is 1. The van der Waals surface area contributed by atoms with Crippen LogP contribution in [0.1, 0.15) is 42.0 Å². The summed E-state index contributed by atoms with van der Waals surface area (Å²) in [6, 6.07) is 0. The Morgan fingerprint density at radius 3 is 2.83 bits per heavy atom. The molecule has 0 saturated carbocycles. The normalized spacial score (nSPS) is 11.1. The summed E-state index contributed by atoms with van der Waals surface area (Å²) < 4.78 is 10.8.